The Morgan fingerprint density at radius 3 is 2.64 bits per heavy atom. The summed E-state index contributed by atoms with van der Waals surface area (Å²) in [5.74, 6) is -0.681. The zero-order valence-corrected chi connectivity index (χ0v) is 20.4. The minimum Gasteiger partial charge on any atom is -0.482 e. The van der Waals surface area contributed by atoms with E-state index in [2.05, 4.69) is 41.4 Å². The van der Waals surface area contributed by atoms with Crippen LogP contribution in [-0.2, 0) is 4.79 Å². The quantitative estimate of drug-likeness (QED) is 0.336. The number of amides is 1. The molecule has 5 rings (SSSR count). The molecule has 0 saturated heterocycles. The zero-order valence-electron chi connectivity index (χ0n) is 19.5. The van der Waals surface area contributed by atoms with E-state index in [9.17, 15) is 13.6 Å². The van der Waals surface area contributed by atoms with E-state index in [1.807, 2.05) is 23.6 Å². The number of fused-ring (bicyclic) bond motifs is 1. The standard InChI is InChI=1S/C27H22F2N4O2S/c1-16(2)18-5-3-17(4-6-18)13-30-33-24(19-7-10-25-23(11-19)31-26(34)14-35-25)15-36-27(33)32-22-9-8-20(28)12-21(22)29/h3-13,15-16H,14H2,1-2H3,(H,31,34). The molecule has 6 nitrogen and oxygen atoms in total. The number of carbonyl (C=O) groups is 1. The molecule has 182 valence electrons. The first-order chi connectivity index (χ1) is 17.4. The summed E-state index contributed by atoms with van der Waals surface area (Å²) in [6.07, 6.45) is 1.70. The first-order valence-electron chi connectivity index (χ1n) is 11.3. The highest BCUT2D eigenvalue weighted by atomic mass is 32.1. The molecular weight excluding hydrogens is 482 g/mol. The summed E-state index contributed by atoms with van der Waals surface area (Å²) in [6.45, 7) is 4.23. The summed E-state index contributed by atoms with van der Waals surface area (Å²) in [4.78, 5) is 16.6. The molecule has 4 aromatic rings. The molecule has 1 aromatic heterocycles. The number of nitrogens with one attached hydrogen (secondary N) is 1. The lowest BCUT2D eigenvalue weighted by Gasteiger charge is -2.18. The van der Waals surface area contributed by atoms with Crippen LogP contribution >= 0.6 is 11.3 Å². The average molecular weight is 505 g/mol. The summed E-state index contributed by atoms with van der Waals surface area (Å²) in [5, 5.41) is 9.30. The van der Waals surface area contributed by atoms with Crippen LogP contribution in [0.5, 0.6) is 5.75 Å². The van der Waals surface area contributed by atoms with Crippen molar-refractivity contribution < 1.29 is 18.3 Å². The lowest BCUT2D eigenvalue weighted by molar-refractivity contribution is -0.118. The zero-order chi connectivity index (χ0) is 25.2. The minimum absolute atomic E-state index is 0.00106. The number of halogens is 2. The number of hydrogen-bond donors (Lipinski definition) is 1. The highest BCUT2D eigenvalue weighted by molar-refractivity contribution is 7.07. The van der Waals surface area contributed by atoms with Crippen molar-refractivity contribution in [2.24, 2.45) is 10.1 Å². The van der Waals surface area contributed by atoms with Crippen LogP contribution in [0, 0.1) is 11.6 Å². The van der Waals surface area contributed by atoms with Crippen LogP contribution in [0.4, 0.5) is 20.2 Å². The third-order valence-electron chi connectivity index (χ3n) is 5.64. The first-order valence-corrected chi connectivity index (χ1v) is 12.2. The average Bonchev–Trinajstić information content (AvgIpc) is 3.26. The van der Waals surface area contributed by atoms with Crippen molar-refractivity contribution in [3.8, 4) is 17.0 Å². The predicted molar refractivity (Wildman–Crippen MR) is 137 cm³/mol. The molecule has 1 amide bonds. The Labute approximate surface area is 210 Å². The number of hydrogen-bond acceptors (Lipinski definition) is 5. The molecule has 0 spiro atoms. The van der Waals surface area contributed by atoms with Gasteiger partial charge in [0, 0.05) is 17.0 Å². The third kappa shape index (κ3) is 4.96. The van der Waals surface area contributed by atoms with Crippen LogP contribution in [0.1, 0.15) is 30.9 Å². The Kier molecular flexibility index (Phi) is 6.47. The minimum atomic E-state index is -0.765. The second kappa shape index (κ2) is 9.87. The largest absolute Gasteiger partial charge is 0.482 e. The van der Waals surface area contributed by atoms with E-state index >= 15 is 0 Å². The Morgan fingerprint density at radius 1 is 1.08 bits per heavy atom. The number of anilines is 1. The SMILES string of the molecule is CC(C)c1ccc(C=Nn2c(-c3ccc4c(c3)NC(=O)CO4)csc2=Nc2ccc(F)cc2F)cc1. The van der Waals surface area contributed by atoms with Crippen molar-refractivity contribution in [1.29, 1.82) is 0 Å². The maximum Gasteiger partial charge on any atom is 0.262 e. The number of ether oxygens (including phenoxy) is 1. The van der Waals surface area contributed by atoms with Gasteiger partial charge in [-0.3, -0.25) is 4.79 Å². The van der Waals surface area contributed by atoms with Crippen LogP contribution in [0.25, 0.3) is 11.3 Å². The maximum atomic E-state index is 14.3. The van der Waals surface area contributed by atoms with Gasteiger partial charge in [-0.2, -0.15) is 5.10 Å². The molecule has 9 heteroatoms. The van der Waals surface area contributed by atoms with Gasteiger partial charge < -0.3 is 10.1 Å². The number of thiazole rings is 1. The molecule has 0 atom stereocenters. The second-order valence-electron chi connectivity index (χ2n) is 8.54. The number of carbonyl (C=O) groups excluding carboxylic acids is 1. The van der Waals surface area contributed by atoms with Gasteiger partial charge in [-0.15, -0.1) is 11.3 Å². The molecule has 3 aromatic carbocycles. The topological polar surface area (TPSA) is 68.0 Å². The summed E-state index contributed by atoms with van der Waals surface area (Å²) in [6, 6.07) is 16.7. The van der Waals surface area contributed by atoms with E-state index in [-0.39, 0.29) is 18.2 Å². The van der Waals surface area contributed by atoms with Gasteiger partial charge in [-0.25, -0.2) is 18.4 Å². The highest BCUT2D eigenvalue weighted by Gasteiger charge is 2.18. The monoisotopic (exact) mass is 504 g/mol. The van der Waals surface area contributed by atoms with Crippen LogP contribution in [-0.4, -0.2) is 23.4 Å². The molecular formula is C27H22F2N4O2S. The molecule has 0 saturated carbocycles. The summed E-state index contributed by atoms with van der Waals surface area (Å²) >= 11 is 1.26. The molecule has 0 aliphatic carbocycles. The van der Waals surface area contributed by atoms with E-state index in [1.54, 1.807) is 23.0 Å². The Hall–Kier alpha value is -4.11. The smallest absolute Gasteiger partial charge is 0.262 e. The van der Waals surface area contributed by atoms with Crippen molar-refractivity contribution in [2.45, 2.75) is 19.8 Å². The van der Waals surface area contributed by atoms with E-state index in [0.29, 0.717) is 27.9 Å². The maximum absolute atomic E-state index is 14.3. The van der Waals surface area contributed by atoms with Crippen LogP contribution in [0.2, 0.25) is 0 Å². The summed E-state index contributed by atoms with van der Waals surface area (Å²) in [7, 11) is 0. The number of aromatic nitrogens is 1. The van der Waals surface area contributed by atoms with Gasteiger partial charge >= 0.3 is 0 Å². The molecule has 0 bridgehead atoms. The van der Waals surface area contributed by atoms with Gasteiger partial charge in [-0.05, 0) is 47.4 Å². The molecule has 0 unspecified atom stereocenters. The van der Waals surface area contributed by atoms with Crippen molar-refractivity contribution in [3.63, 3.8) is 0 Å². The van der Waals surface area contributed by atoms with E-state index in [4.69, 9.17) is 4.74 Å². The number of nitrogens with zero attached hydrogens (tertiary/aromatic N) is 3. The molecule has 1 N–H and O–H groups in total. The molecule has 2 heterocycles. The number of benzene rings is 3. The molecule has 0 radical (unpaired) electrons. The Bertz CT molecular complexity index is 1540. The van der Waals surface area contributed by atoms with E-state index in [0.717, 1.165) is 23.3 Å². The Balaban J connectivity index is 1.61. The Morgan fingerprint density at radius 2 is 1.89 bits per heavy atom. The van der Waals surface area contributed by atoms with Gasteiger partial charge in [-0.1, -0.05) is 38.1 Å². The lowest BCUT2D eigenvalue weighted by Crippen LogP contribution is -2.25. The molecule has 1 aliphatic rings. The normalized spacial score (nSPS) is 13.7. The van der Waals surface area contributed by atoms with E-state index < -0.39 is 11.6 Å². The van der Waals surface area contributed by atoms with Crippen molar-refractivity contribution in [3.05, 3.63) is 93.6 Å². The van der Waals surface area contributed by atoms with Gasteiger partial charge in [0.1, 0.15) is 17.3 Å². The predicted octanol–water partition coefficient (Wildman–Crippen LogP) is 6.06. The third-order valence-corrected chi connectivity index (χ3v) is 6.46. The van der Waals surface area contributed by atoms with Crippen LogP contribution in [0.3, 0.4) is 0 Å². The van der Waals surface area contributed by atoms with Gasteiger partial charge in [0.15, 0.2) is 12.4 Å². The van der Waals surface area contributed by atoms with Gasteiger partial charge in [0.05, 0.1) is 17.6 Å². The second-order valence-corrected chi connectivity index (χ2v) is 9.37. The van der Waals surface area contributed by atoms with Gasteiger partial charge in [0.25, 0.3) is 5.91 Å². The first kappa shape index (κ1) is 23.6. The number of rotatable bonds is 5. The molecule has 0 fully saturated rings. The fraction of sp³-hybridized carbons (Fsp3) is 0.148. The van der Waals surface area contributed by atoms with Crippen LogP contribution < -0.4 is 14.9 Å². The summed E-state index contributed by atoms with van der Waals surface area (Å²) in [5.41, 5.74) is 4.09. The molecule has 36 heavy (non-hydrogen) atoms. The fourth-order valence-corrected chi connectivity index (χ4v) is 4.55. The molecule has 1 aliphatic heterocycles. The highest BCUT2D eigenvalue weighted by Crippen LogP contribution is 2.33. The lowest BCUT2D eigenvalue weighted by atomic mass is 10.0. The van der Waals surface area contributed by atoms with Crippen molar-refractivity contribution in [1.82, 2.24) is 4.68 Å². The van der Waals surface area contributed by atoms with Crippen LogP contribution in [0.15, 0.2) is 76.1 Å². The van der Waals surface area contributed by atoms with Crippen molar-refractivity contribution >= 4 is 34.8 Å². The van der Waals surface area contributed by atoms with Crippen molar-refractivity contribution in [2.75, 3.05) is 11.9 Å². The van der Waals surface area contributed by atoms with E-state index in [1.165, 1.54) is 23.0 Å². The van der Waals surface area contributed by atoms with Gasteiger partial charge in [0.2, 0.25) is 4.80 Å². The summed E-state index contributed by atoms with van der Waals surface area (Å²) < 4.78 is 34.8. The fourth-order valence-electron chi connectivity index (χ4n) is 3.70.